The minimum Gasteiger partial charge on any atom is -0.379 e. The van der Waals surface area contributed by atoms with Crippen LogP contribution in [0.4, 0.5) is 5.69 Å². The molecule has 0 atom stereocenters. The van der Waals surface area contributed by atoms with Gasteiger partial charge in [-0.15, -0.1) is 11.3 Å². The Balaban J connectivity index is 1.89. The third kappa shape index (κ3) is 4.22. The Hall–Kier alpha value is -1.59. The van der Waals surface area contributed by atoms with Crippen molar-refractivity contribution in [2.45, 2.75) is 13.0 Å². The maximum atomic E-state index is 11.2. The average Bonchev–Trinajstić information content (AvgIpc) is 2.83. The molecular formula is C13H14ClN3OS. The van der Waals surface area contributed by atoms with Crippen LogP contribution in [0.2, 0.25) is 4.34 Å². The lowest BCUT2D eigenvalue weighted by atomic mass is 10.1. The first kappa shape index (κ1) is 13.8. The second-order valence-corrected chi connectivity index (χ2v) is 5.71. The standard InChI is InChI=1S/C13H14ClN3OS/c1-15-12(18)6-9-2-4-10(5-3-9)16-8-13-17-7-11(14)19-13/h2-5,7,16H,6,8H2,1H3,(H,15,18). The van der Waals surface area contributed by atoms with E-state index in [9.17, 15) is 4.79 Å². The summed E-state index contributed by atoms with van der Waals surface area (Å²) in [5.41, 5.74) is 1.98. The van der Waals surface area contributed by atoms with E-state index in [1.807, 2.05) is 24.3 Å². The number of hydrogen-bond donors (Lipinski definition) is 2. The molecule has 0 aliphatic rings. The minimum absolute atomic E-state index is 0.0122. The van der Waals surface area contributed by atoms with Crippen molar-refractivity contribution >= 4 is 34.5 Å². The first-order valence-corrected chi connectivity index (χ1v) is 7.00. The number of aromatic nitrogens is 1. The van der Waals surface area contributed by atoms with E-state index in [4.69, 9.17) is 11.6 Å². The molecule has 6 heteroatoms. The molecule has 0 fully saturated rings. The molecule has 0 spiro atoms. The molecule has 0 radical (unpaired) electrons. The number of carbonyl (C=O) groups is 1. The Morgan fingerprint density at radius 2 is 2.11 bits per heavy atom. The van der Waals surface area contributed by atoms with Gasteiger partial charge in [-0.25, -0.2) is 4.98 Å². The lowest BCUT2D eigenvalue weighted by molar-refractivity contribution is -0.119. The lowest BCUT2D eigenvalue weighted by Gasteiger charge is -2.05. The van der Waals surface area contributed by atoms with Gasteiger partial charge < -0.3 is 10.6 Å². The maximum absolute atomic E-state index is 11.2. The SMILES string of the molecule is CNC(=O)Cc1ccc(NCc2ncc(Cl)s2)cc1. The van der Waals surface area contributed by atoms with Crippen molar-refractivity contribution in [2.24, 2.45) is 0 Å². The highest BCUT2D eigenvalue weighted by atomic mass is 35.5. The van der Waals surface area contributed by atoms with Crippen molar-refractivity contribution in [1.82, 2.24) is 10.3 Å². The van der Waals surface area contributed by atoms with E-state index in [1.165, 1.54) is 11.3 Å². The number of carbonyl (C=O) groups excluding carboxylic acids is 1. The fraction of sp³-hybridized carbons (Fsp3) is 0.231. The number of amides is 1. The topological polar surface area (TPSA) is 54.0 Å². The summed E-state index contributed by atoms with van der Waals surface area (Å²) < 4.78 is 0.692. The Bertz CT molecular complexity index is 553. The van der Waals surface area contributed by atoms with E-state index < -0.39 is 0 Å². The van der Waals surface area contributed by atoms with E-state index in [1.54, 1.807) is 13.2 Å². The summed E-state index contributed by atoms with van der Waals surface area (Å²) in [6.45, 7) is 0.645. The molecule has 1 aromatic heterocycles. The van der Waals surface area contributed by atoms with E-state index in [0.717, 1.165) is 16.3 Å². The molecule has 100 valence electrons. The summed E-state index contributed by atoms with van der Waals surface area (Å²) in [6, 6.07) is 7.78. The van der Waals surface area contributed by atoms with E-state index in [-0.39, 0.29) is 5.91 Å². The van der Waals surface area contributed by atoms with Crippen molar-refractivity contribution in [1.29, 1.82) is 0 Å². The van der Waals surface area contributed by atoms with E-state index >= 15 is 0 Å². The molecule has 1 aromatic carbocycles. The molecule has 0 aliphatic carbocycles. The molecule has 2 N–H and O–H groups in total. The number of nitrogens with zero attached hydrogens (tertiary/aromatic N) is 1. The molecule has 2 aromatic rings. The smallest absolute Gasteiger partial charge is 0.224 e. The molecule has 0 saturated heterocycles. The molecule has 1 amide bonds. The largest absolute Gasteiger partial charge is 0.379 e. The molecule has 0 aliphatic heterocycles. The second-order valence-electron chi connectivity index (χ2n) is 3.96. The van der Waals surface area contributed by atoms with Gasteiger partial charge >= 0.3 is 0 Å². The van der Waals surface area contributed by atoms with Crippen LogP contribution in [0.15, 0.2) is 30.5 Å². The number of anilines is 1. The van der Waals surface area contributed by atoms with Crippen molar-refractivity contribution in [3.63, 3.8) is 0 Å². The van der Waals surface area contributed by atoms with Crippen LogP contribution in [0.3, 0.4) is 0 Å². The van der Waals surface area contributed by atoms with Gasteiger partial charge in [0.25, 0.3) is 0 Å². The van der Waals surface area contributed by atoms with Crippen LogP contribution in [0.1, 0.15) is 10.6 Å². The van der Waals surface area contributed by atoms with Crippen molar-refractivity contribution in [3.8, 4) is 0 Å². The van der Waals surface area contributed by atoms with Gasteiger partial charge in [0, 0.05) is 12.7 Å². The Labute approximate surface area is 120 Å². The second kappa shape index (κ2) is 6.54. The molecule has 0 bridgehead atoms. The van der Waals surface area contributed by atoms with Crippen molar-refractivity contribution < 1.29 is 4.79 Å². The monoisotopic (exact) mass is 295 g/mol. The Kier molecular flexibility index (Phi) is 4.76. The highest BCUT2D eigenvalue weighted by Gasteiger charge is 2.02. The summed E-state index contributed by atoms with van der Waals surface area (Å²) in [5.74, 6) is 0.0122. The molecular weight excluding hydrogens is 282 g/mol. The fourth-order valence-corrected chi connectivity index (χ4v) is 2.46. The number of nitrogens with one attached hydrogen (secondary N) is 2. The maximum Gasteiger partial charge on any atom is 0.224 e. The normalized spacial score (nSPS) is 10.2. The third-order valence-electron chi connectivity index (χ3n) is 2.57. The first-order valence-electron chi connectivity index (χ1n) is 5.81. The number of rotatable bonds is 5. The van der Waals surface area contributed by atoms with Gasteiger partial charge in [0.05, 0.1) is 19.2 Å². The van der Waals surface area contributed by atoms with Gasteiger partial charge in [-0.3, -0.25) is 4.79 Å². The van der Waals surface area contributed by atoms with Crippen LogP contribution >= 0.6 is 22.9 Å². The summed E-state index contributed by atoms with van der Waals surface area (Å²) >= 11 is 7.28. The van der Waals surface area contributed by atoms with Gasteiger partial charge in [0.15, 0.2) is 0 Å². The van der Waals surface area contributed by atoms with E-state index in [0.29, 0.717) is 17.3 Å². The zero-order valence-corrected chi connectivity index (χ0v) is 12.0. The zero-order chi connectivity index (χ0) is 13.7. The van der Waals surface area contributed by atoms with Crippen LogP contribution in [-0.2, 0) is 17.8 Å². The van der Waals surface area contributed by atoms with E-state index in [2.05, 4.69) is 15.6 Å². The van der Waals surface area contributed by atoms with Gasteiger partial charge in [0.1, 0.15) is 9.34 Å². The lowest BCUT2D eigenvalue weighted by Crippen LogP contribution is -2.19. The third-order valence-corrected chi connectivity index (χ3v) is 3.68. The van der Waals surface area contributed by atoms with Gasteiger partial charge in [0.2, 0.25) is 5.91 Å². The van der Waals surface area contributed by atoms with Crippen LogP contribution in [-0.4, -0.2) is 17.9 Å². The van der Waals surface area contributed by atoms with Crippen LogP contribution in [0.5, 0.6) is 0 Å². The van der Waals surface area contributed by atoms with Crippen molar-refractivity contribution in [2.75, 3.05) is 12.4 Å². The number of likely N-dealkylation sites (N-methyl/N-ethyl adjacent to an activating group) is 1. The van der Waals surface area contributed by atoms with Gasteiger partial charge in [-0.05, 0) is 17.7 Å². The number of benzene rings is 1. The van der Waals surface area contributed by atoms with Crippen molar-refractivity contribution in [3.05, 3.63) is 45.4 Å². The molecule has 1 heterocycles. The quantitative estimate of drug-likeness (QED) is 0.892. The number of thiazole rings is 1. The minimum atomic E-state index is 0.0122. The first-order chi connectivity index (χ1) is 9.17. The van der Waals surface area contributed by atoms with Crippen LogP contribution < -0.4 is 10.6 Å². The number of hydrogen-bond acceptors (Lipinski definition) is 4. The predicted octanol–water partition coefficient (Wildman–Crippen LogP) is 2.70. The zero-order valence-electron chi connectivity index (χ0n) is 10.4. The summed E-state index contributed by atoms with van der Waals surface area (Å²) in [6.07, 6.45) is 2.05. The average molecular weight is 296 g/mol. The van der Waals surface area contributed by atoms with Crippen LogP contribution in [0.25, 0.3) is 0 Å². The summed E-state index contributed by atoms with van der Waals surface area (Å²) in [7, 11) is 1.64. The Morgan fingerprint density at radius 1 is 1.37 bits per heavy atom. The molecule has 0 saturated carbocycles. The molecule has 4 nitrogen and oxygen atoms in total. The molecule has 19 heavy (non-hydrogen) atoms. The summed E-state index contributed by atoms with van der Waals surface area (Å²) in [5, 5.41) is 6.80. The highest BCUT2D eigenvalue weighted by Crippen LogP contribution is 2.19. The number of halogens is 1. The highest BCUT2D eigenvalue weighted by molar-refractivity contribution is 7.15. The summed E-state index contributed by atoms with van der Waals surface area (Å²) in [4.78, 5) is 15.4. The van der Waals surface area contributed by atoms with Gasteiger partial charge in [-0.1, -0.05) is 23.7 Å². The predicted molar refractivity (Wildman–Crippen MR) is 78.7 cm³/mol. The molecule has 0 unspecified atom stereocenters. The Morgan fingerprint density at radius 3 is 2.68 bits per heavy atom. The van der Waals surface area contributed by atoms with Crippen LogP contribution in [0, 0.1) is 0 Å². The van der Waals surface area contributed by atoms with Gasteiger partial charge in [-0.2, -0.15) is 0 Å². The molecule has 2 rings (SSSR count). The fourth-order valence-electron chi connectivity index (χ4n) is 1.56.